The Morgan fingerprint density at radius 2 is 1.67 bits per heavy atom. The molecule has 13 heteroatoms. The van der Waals surface area contributed by atoms with Crippen molar-refractivity contribution in [3.8, 4) is 0 Å². The fourth-order valence-corrected chi connectivity index (χ4v) is 5.86. The van der Waals surface area contributed by atoms with Crippen LogP contribution in [0.25, 0.3) is 0 Å². The Bertz CT molecular complexity index is 1330. The lowest BCUT2D eigenvalue weighted by Gasteiger charge is -2.38. The number of carbonyl (C=O) groups is 2. The fourth-order valence-electron chi connectivity index (χ4n) is 3.50. The third-order valence-electron chi connectivity index (χ3n) is 4.90. The van der Waals surface area contributed by atoms with Crippen LogP contribution < -0.4 is 5.01 Å². The first-order valence-electron chi connectivity index (χ1n) is 10.7. The number of thiol groups is 1. The minimum absolute atomic E-state index is 0.197. The van der Waals surface area contributed by atoms with Gasteiger partial charge in [0.2, 0.25) is 0 Å². The Morgan fingerprint density at radius 3 is 2.25 bits per heavy atom. The Morgan fingerprint density at radius 1 is 1.06 bits per heavy atom. The van der Waals surface area contributed by atoms with E-state index in [1.807, 2.05) is 0 Å². The van der Waals surface area contributed by atoms with E-state index < -0.39 is 50.3 Å². The molecule has 0 saturated heterocycles. The van der Waals surface area contributed by atoms with Crippen molar-refractivity contribution in [3.05, 3.63) is 72.3 Å². The molecule has 0 saturated carbocycles. The lowest BCUT2D eigenvalue weighted by molar-refractivity contribution is -0.134. The van der Waals surface area contributed by atoms with Crippen LogP contribution in [0, 0.1) is 0 Å². The maximum atomic E-state index is 13.7. The Kier molecular flexibility index (Phi) is 8.19. The molecule has 1 atom stereocenters. The van der Waals surface area contributed by atoms with Gasteiger partial charge < -0.3 is 9.47 Å². The minimum Gasteiger partial charge on any atom is -0.466 e. The van der Waals surface area contributed by atoms with Crippen molar-refractivity contribution in [2.24, 2.45) is 0 Å². The maximum absolute atomic E-state index is 13.7. The molecule has 3 rings (SSSR count). The second-order valence-electron chi connectivity index (χ2n) is 8.61. The van der Waals surface area contributed by atoms with E-state index in [4.69, 9.17) is 4.74 Å². The summed E-state index contributed by atoms with van der Waals surface area (Å²) in [7, 11) is -6.62. The van der Waals surface area contributed by atoms with Gasteiger partial charge in [-0.05, 0) is 39.0 Å². The molecule has 0 bridgehead atoms. The molecule has 1 heterocycles. The largest absolute Gasteiger partial charge is 0.466 e. The summed E-state index contributed by atoms with van der Waals surface area (Å²) in [5.74, 6) is -1.71. The van der Waals surface area contributed by atoms with Gasteiger partial charge in [-0.1, -0.05) is 46.9 Å². The summed E-state index contributed by atoms with van der Waals surface area (Å²) in [6.45, 7) is 4.91. The number of amides is 1. The minimum atomic E-state index is -4.51. The van der Waals surface area contributed by atoms with Gasteiger partial charge in [0.05, 0.1) is 23.7 Å². The summed E-state index contributed by atoms with van der Waals surface area (Å²) in [6.07, 6.45) is 1.44. The summed E-state index contributed by atoms with van der Waals surface area (Å²) in [4.78, 5) is 25.1. The molecule has 194 valence electrons. The number of benzene rings is 2. The van der Waals surface area contributed by atoms with Crippen molar-refractivity contribution < 1.29 is 35.9 Å². The average Bonchev–Trinajstić information content (AvgIpc) is 3.14. The first kappa shape index (κ1) is 27.3. The van der Waals surface area contributed by atoms with Gasteiger partial charge in [-0.3, -0.25) is 0 Å². The summed E-state index contributed by atoms with van der Waals surface area (Å²) in [6, 6.07) is 12.6. The highest BCUT2D eigenvalue weighted by molar-refractivity contribution is 7.89. The van der Waals surface area contributed by atoms with Crippen LogP contribution in [0.15, 0.2) is 71.6 Å². The van der Waals surface area contributed by atoms with Crippen LogP contribution >= 0.6 is 0 Å². The summed E-state index contributed by atoms with van der Waals surface area (Å²) in [5.41, 5.74) is -0.275. The van der Waals surface area contributed by atoms with E-state index in [0.717, 1.165) is 16.2 Å². The summed E-state index contributed by atoms with van der Waals surface area (Å²) < 4.78 is 62.0. The number of ether oxygens (including phenoxy) is 2. The Balaban J connectivity index is 2.28. The summed E-state index contributed by atoms with van der Waals surface area (Å²) >= 11 is 0. The number of methoxy groups -OCH3 is 1. The number of esters is 1. The van der Waals surface area contributed by atoms with Crippen molar-refractivity contribution in [3.63, 3.8) is 0 Å². The first-order valence-corrected chi connectivity index (χ1v) is 13.5. The van der Waals surface area contributed by atoms with Crippen LogP contribution in [-0.2, 0) is 35.0 Å². The molecule has 2 aromatic carbocycles. The zero-order valence-corrected chi connectivity index (χ0v) is 21.8. The van der Waals surface area contributed by atoms with Gasteiger partial charge in [0, 0.05) is 11.6 Å². The Labute approximate surface area is 211 Å². The SMILES string of the molecule is COC(=O)C=CC1c2ccccc2N(C(=O)OC(C)(C)C)N1N(C[SH](=O)=O)S(=O)(=O)c1ccccc1. The van der Waals surface area contributed by atoms with Crippen molar-refractivity contribution in [1.82, 2.24) is 9.53 Å². The highest BCUT2D eigenvalue weighted by atomic mass is 32.2. The molecule has 1 aliphatic heterocycles. The molecule has 0 spiro atoms. The molecule has 0 aromatic heterocycles. The van der Waals surface area contributed by atoms with Crippen molar-refractivity contribution >= 4 is 38.5 Å². The van der Waals surface area contributed by atoms with E-state index in [2.05, 4.69) is 4.74 Å². The molecule has 0 radical (unpaired) electrons. The van der Waals surface area contributed by atoms with Crippen LogP contribution in [0.2, 0.25) is 0 Å². The number of rotatable bonds is 7. The van der Waals surface area contributed by atoms with Crippen LogP contribution in [-0.4, -0.2) is 57.0 Å². The molecule has 0 N–H and O–H groups in total. The van der Waals surface area contributed by atoms with Gasteiger partial charge >= 0.3 is 12.1 Å². The lowest BCUT2D eigenvalue weighted by atomic mass is 10.1. The highest BCUT2D eigenvalue weighted by Crippen LogP contribution is 2.43. The van der Waals surface area contributed by atoms with Gasteiger partial charge in [0.15, 0.2) is 10.7 Å². The number of hydrogen-bond acceptors (Lipinski definition) is 9. The number of carbonyl (C=O) groups excluding carboxylic acids is 2. The van der Waals surface area contributed by atoms with Crippen LogP contribution in [0.1, 0.15) is 32.4 Å². The number of hydrogen-bond donors (Lipinski definition) is 1. The van der Waals surface area contributed by atoms with Crippen LogP contribution in [0.4, 0.5) is 10.5 Å². The number of anilines is 1. The van der Waals surface area contributed by atoms with Gasteiger partial charge in [-0.25, -0.2) is 26.4 Å². The number of fused-ring (bicyclic) bond motifs is 1. The zero-order chi connectivity index (χ0) is 26.7. The van der Waals surface area contributed by atoms with Crippen molar-refractivity contribution in [2.45, 2.75) is 37.3 Å². The topological polar surface area (TPSA) is 131 Å². The molecule has 1 amide bonds. The van der Waals surface area contributed by atoms with Crippen molar-refractivity contribution in [1.29, 1.82) is 0 Å². The molecular weight excluding hydrogens is 510 g/mol. The van der Waals surface area contributed by atoms with E-state index in [-0.39, 0.29) is 10.6 Å². The Hall–Kier alpha value is -3.26. The van der Waals surface area contributed by atoms with E-state index in [0.29, 0.717) is 9.98 Å². The van der Waals surface area contributed by atoms with Crippen LogP contribution in [0.3, 0.4) is 0 Å². The standard InChI is InChI=1S/C23H27N3O8S2/c1-23(2,3)34-22(28)25-19-13-9-8-12-18(19)20(14-15-21(27)33-4)26(25)24(16-35(29)30)36(31,32)17-10-6-5-7-11-17/h5-15,20,35H,16H2,1-4H3. The van der Waals surface area contributed by atoms with Crippen molar-refractivity contribution in [2.75, 3.05) is 18.0 Å². The first-order chi connectivity index (χ1) is 16.9. The van der Waals surface area contributed by atoms with Crippen LogP contribution in [0.5, 0.6) is 0 Å². The van der Waals surface area contributed by atoms with Gasteiger partial charge in [0.1, 0.15) is 11.5 Å². The third-order valence-corrected chi connectivity index (χ3v) is 7.31. The predicted octanol–water partition coefficient (Wildman–Crippen LogP) is 2.60. The molecule has 11 nitrogen and oxygen atoms in total. The van der Waals surface area contributed by atoms with E-state index in [9.17, 15) is 26.4 Å². The predicted molar refractivity (Wildman–Crippen MR) is 132 cm³/mol. The van der Waals surface area contributed by atoms with E-state index in [1.165, 1.54) is 37.5 Å². The third kappa shape index (κ3) is 5.93. The van der Waals surface area contributed by atoms with Gasteiger partial charge in [-0.15, -0.1) is 5.12 Å². The number of sulfonamides is 1. The highest BCUT2D eigenvalue weighted by Gasteiger charge is 2.48. The summed E-state index contributed by atoms with van der Waals surface area (Å²) in [5, 5.41) is 1.91. The fraction of sp³-hybridized carbons (Fsp3) is 0.304. The van der Waals surface area contributed by atoms with Gasteiger partial charge in [-0.2, -0.15) is 5.01 Å². The quantitative estimate of drug-likeness (QED) is 0.322. The lowest BCUT2D eigenvalue weighted by Crippen LogP contribution is -2.57. The number of para-hydroxylation sites is 1. The zero-order valence-electron chi connectivity index (χ0n) is 20.1. The van der Waals surface area contributed by atoms with E-state index in [1.54, 1.807) is 51.1 Å². The molecule has 0 aliphatic carbocycles. The van der Waals surface area contributed by atoms with Gasteiger partial charge in [0.25, 0.3) is 10.0 Å². The normalized spacial score (nSPS) is 16.5. The second kappa shape index (κ2) is 10.8. The maximum Gasteiger partial charge on any atom is 0.430 e. The molecule has 36 heavy (non-hydrogen) atoms. The monoisotopic (exact) mass is 537 g/mol. The average molecular weight is 538 g/mol. The smallest absolute Gasteiger partial charge is 0.430 e. The number of hydrazine groups is 2. The molecule has 2 aromatic rings. The van der Waals surface area contributed by atoms with E-state index >= 15 is 0 Å². The number of nitrogens with zero attached hydrogens (tertiary/aromatic N) is 3. The molecule has 1 unspecified atom stereocenters. The molecule has 1 aliphatic rings. The molecular formula is C23H27N3O8S2. The molecule has 0 fully saturated rings. The second-order valence-corrected chi connectivity index (χ2v) is 11.4.